The lowest BCUT2D eigenvalue weighted by molar-refractivity contribution is 0.202. The Bertz CT molecular complexity index is 248. The molecule has 1 aliphatic carbocycles. The molecule has 1 rings (SSSR count). The van der Waals surface area contributed by atoms with E-state index in [1.165, 1.54) is 44.9 Å². The second kappa shape index (κ2) is 8.53. The van der Waals surface area contributed by atoms with Crippen LogP contribution in [0.1, 0.15) is 71.1 Å². The van der Waals surface area contributed by atoms with Crippen molar-refractivity contribution in [3.05, 3.63) is 24.8 Å². The Balaban J connectivity index is 2.46. The van der Waals surface area contributed by atoms with E-state index in [4.69, 9.17) is 0 Å². The molecule has 0 aromatic heterocycles. The van der Waals surface area contributed by atoms with Crippen LogP contribution in [0.5, 0.6) is 0 Å². The van der Waals surface area contributed by atoms with Gasteiger partial charge in [-0.05, 0) is 31.1 Å². The Kier molecular flexibility index (Phi) is 7.34. The van der Waals surface area contributed by atoms with Crippen LogP contribution in [0.15, 0.2) is 24.8 Å². The molecule has 0 aliphatic heterocycles. The van der Waals surface area contributed by atoms with Crippen LogP contribution in [0.4, 0.5) is 0 Å². The zero-order valence-electron chi connectivity index (χ0n) is 12.0. The van der Waals surface area contributed by atoms with Gasteiger partial charge in [0.1, 0.15) is 0 Å². The Hall–Kier alpha value is -0.560. The van der Waals surface area contributed by atoms with Crippen LogP contribution in [-0.2, 0) is 0 Å². The van der Waals surface area contributed by atoms with Crippen molar-refractivity contribution < 1.29 is 5.11 Å². The average molecular weight is 250 g/mol. The summed E-state index contributed by atoms with van der Waals surface area (Å²) in [5.74, 6) is 0. The van der Waals surface area contributed by atoms with Crippen LogP contribution in [-0.4, -0.2) is 11.2 Å². The highest BCUT2D eigenvalue weighted by atomic mass is 16.3. The van der Waals surface area contributed by atoms with E-state index in [0.29, 0.717) is 5.41 Å². The van der Waals surface area contributed by atoms with E-state index in [9.17, 15) is 5.11 Å². The maximum Gasteiger partial charge on any atom is 0.0721 e. The molecule has 18 heavy (non-hydrogen) atoms. The lowest BCUT2D eigenvalue weighted by Crippen LogP contribution is -2.21. The van der Waals surface area contributed by atoms with E-state index in [-0.39, 0.29) is 6.10 Å². The van der Waals surface area contributed by atoms with Crippen molar-refractivity contribution in [2.75, 3.05) is 0 Å². The molecule has 1 unspecified atom stereocenters. The van der Waals surface area contributed by atoms with Crippen molar-refractivity contribution in [3.8, 4) is 0 Å². The van der Waals surface area contributed by atoms with Gasteiger partial charge in [-0.3, -0.25) is 0 Å². The van der Waals surface area contributed by atoms with E-state index < -0.39 is 0 Å². The Morgan fingerprint density at radius 2 is 1.94 bits per heavy atom. The fraction of sp³-hybridized carbons (Fsp3) is 0.765. The zero-order chi connectivity index (χ0) is 13.3. The molecule has 1 fully saturated rings. The molecule has 0 saturated heterocycles. The third-order valence-electron chi connectivity index (χ3n) is 4.18. The third-order valence-corrected chi connectivity index (χ3v) is 4.18. The number of allylic oxidation sites excluding steroid dienone is 2. The Morgan fingerprint density at radius 1 is 1.22 bits per heavy atom. The van der Waals surface area contributed by atoms with Crippen molar-refractivity contribution in [2.45, 2.75) is 77.2 Å². The summed E-state index contributed by atoms with van der Waals surface area (Å²) >= 11 is 0. The molecular formula is C17H30O. The van der Waals surface area contributed by atoms with Gasteiger partial charge in [0.05, 0.1) is 6.10 Å². The van der Waals surface area contributed by atoms with Crippen LogP contribution in [0.3, 0.4) is 0 Å². The summed E-state index contributed by atoms with van der Waals surface area (Å²) in [6.45, 7) is 6.09. The standard InChI is InChI=1S/C17H30O/c1-3-5-7-10-16(18)11-15-17(12-4-2)13-8-6-9-14-17/h4,11,15-16,18H,2-3,5-10,12-14H2,1H3. The highest BCUT2D eigenvalue weighted by Crippen LogP contribution is 2.41. The number of aliphatic hydroxyl groups is 1. The highest BCUT2D eigenvalue weighted by molar-refractivity contribution is 5.05. The molecule has 0 aromatic carbocycles. The first kappa shape index (κ1) is 15.5. The van der Waals surface area contributed by atoms with Crippen molar-refractivity contribution in [1.29, 1.82) is 0 Å². The van der Waals surface area contributed by atoms with Gasteiger partial charge in [-0.25, -0.2) is 0 Å². The lowest BCUT2D eigenvalue weighted by atomic mass is 9.71. The van der Waals surface area contributed by atoms with Gasteiger partial charge in [-0.1, -0.05) is 63.7 Å². The van der Waals surface area contributed by atoms with Crippen LogP contribution in [0.25, 0.3) is 0 Å². The second-order valence-corrected chi connectivity index (χ2v) is 5.84. The van der Waals surface area contributed by atoms with E-state index >= 15 is 0 Å². The summed E-state index contributed by atoms with van der Waals surface area (Å²) < 4.78 is 0. The van der Waals surface area contributed by atoms with E-state index in [0.717, 1.165) is 19.3 Å². The minimum atomic E-state index is -0.250. The molecule has 1 heteroatoms. The number of rotatable bonds is 8. The molecule has 0 radical (unpaired) electrons. The average Bonchev–Trinajstić information content (AvgIpc) is 2.38. The molecule has 1 saturated carbocycles. The smallest absolute Gasteiger partial charge is 0.0721 e. The fourth-order valence-corrected chi connectivity index (χ4v) is 3.00. The fourth-order valence-electron chi connectivity index (χ4n) is 3.00. The second-order valence-electron chi connectivity index (χ2n) is 5.84. The van der Waals surface area contributed by atoms with E-state index in [1.807, 2.05) is 12.2 Å². The number of hydrogen-bond acceptors (Lipinski definition) is 1. The first-order valence-electron chi connectivity index (χ1n) is 7.71. The first-order chi connectivity index (χ1) is 8.72. The van der Waals surface area contributed by atoms with Gasteiger partial charge in [0.2, 0.25) is 0 Å². The number of hydrogen-bond donors (Lipinski definition) is 1. The molecule has 0 heterocycles. The maximum atomic E-state index is 9.98. The maximum absolute atomic E-state index is 9.98. The normalized spacial score (nSPS) is 21.0. The molecule has 1 atom stereocenters. The zero-order valence-corrected chi connectivity index (χ0v) is 12.0. The van der Waals surface area contributed by atoms with Gasteiger partial charge in [0.15, 0.2) is 0 Å². The van der Waals surface area contributed by atoms with E-state index in [2.05, 4.69) is 19.6 Å². The summed E-state index contributed by atoms with van der Waals surface area (Å²) in [7, 11) is 0. The summed E-state index contributed by atoms with van der Waals surface area (Å²) in [5, 5.41) is 9.98. The van der Waals surface area contributed by atoms with E-state index in [1.54, 1.807) is 0 Å². The SMILES string of the molecule is C=CCC1(C=CC(O)CCCCC)CCCCC1. The minimum Gasteiger partial charge on any atom is -0.389 e. The molecule has 1 nitrogen and oxygen atoms in total. The summed E-state index contributed by atoms with van der Waals surface area (Å²) in [4.78, 5) is 0. The summed E-state index contributed by atoms with van der Waals surface area (Å²) in [5.41, 5.74) is 0.297. The molecule has 1 N–H and O–H groups in total. The van der Waals surface area contributed by atoms with Crippen LogP contribution >= 0.6 is 0 Å². The van der Waals surface area contributed by atoms with Gasteiger partial charge >= 0.3 is 0 Å². The van der Waals surface area contributed by atoms with Crippen molar-refractivity contribution in [1.82, 2.24) is 0 Å². The monoisotopic (exact) mass is 250 g/mol. The molecule has 104 valence electrons. The van der Waals surface area contributed by atoms with Crippen molar-refractivity contribution in [3.63, 3.8) is 0 Å². The number of unbranched alkanes of at least 4 members (excludes halogenated alkanes) is 2. The van der Waals surface area contributed by atoms with Gasteiger partial charge in [-0.15, -0.1) is 6.58 Å². The van der Waals surface area contributed by atoms with Crippen LogP contribution in [0, 0.1) is 5.41 Å². The third kappa shape index (κ3) is 5.39. The first-order valence-corrected chi connectivity index (χ1v) is 7.71. The van der Waals surface area contributed by atoms with Gasteiger partial charge < -0.3 is 5.11 Å². The van der Waals surface area contributed by atoms with Crippen LogP contribution < -0.4 is 0 Å². The number of aliphatic hydroxyl groups excluding tert-OH is 1. The minimum absolute atomic E-state index is 0.250. The molecule has 0 amide bonds. The predicted octanol–water partition coefficient (Wildman–Crippen LogP) is 5.01. The molecular weight excluding hydrogens is 220 g/mol. The Labute approximate surface area is 113 Å². The van der Waals surface area contributed by atoms with Crippen molar-refractivity contribution >= 4 is 0 Å². The summed E-state index contributed by atoms with van der Waals surface area (Å²) in [6, 6.07) is 0. The van der Waals surface area contributed by atoms with Gasteiger partial charge in [-0.2, -0.15) is 0 Å². The van der Waals surface area contributed by atoms with Crippen molar-refractivity contribution in [2.24, 2.45) is 5.41 Å². The highest BCUT2D eigenvalue weighted by Gasteiger charge is 2.27. The van der Waals surface area contributed by atoms with Gasteiger partial charge in [0.25, 0.3) is 0 Å². The van der Waals surface area contributed by atoms with Crippen LogP contribution in [0.2, 0.25) is 0 Å². The summed E-state index contributed by atoms with van der Waals surface area (Å²) in [6.07, 6.45) is 18.2. The topological polar surface area (TPSA) is 20.2 Å². The quantitative estimate of drug-likeness (QED) is 0.474. The largest absolute Gasteiger partial charge is 0.389 e. The molecule has 0 spiro atoms. The molecule has 1 aliphatic rings. The molecule has 0 bridgehead atoms. The van der Waals surface area contributed by atoms with Gasteiger partial charge in [0, 0.05) is 0 Å². The molecule has 0 aromatic rings. The predicted molar refractivity (Wildman–Crippen MR) is 79.6 cm³/mol. The Morgan fingerprint density at radius 3 is 2.56 bits per heavy atom. The lowest BCUT2D eigenvalue weighted by Gasteiger charge is -2.34.